The zero-order valence-electron chi connectivity index (χ0n) is 17.6. The van der Waals surface area contributed by atoms with E-state index in [1.807, 2.05) is 0 Å². The van der Waals surface area contributed by atoms with Gasteiger partial charge in [0.15, 0.2) is 22.7 Å². The van der Waals surface area contributed by atoms with Crippen LogP contribution in [0.25, 0.3) is 11.3 Å². The van der Waals surface area contributed by atoms with Crippen LogP contribution >= 0.6 is 0 Å². The van der Waals surface area contributed by atoms with Gasteiger partial charge in [-0.05, 0) is 0 Å². The number of carboxylic acids is 1. The number of nitrogens with zero attached hydrogens (tertiary/aromatic N) is 10. The zero-order valence-corrected chi connectivity index (χ0v) is 17.6. The van der Waals surface area contributed by atoms with Crippen LogP contribution < -0.4 is 28.2 Å². The topological polar surface area (TPSA) is 283 Å². The summed E-state index contributed by atoms with van der Waals surface area (Å²) >= 11 is 0. The summed E-state index contributed by atoms with van der Waals surface area (Å²) in [6, 6.07) is 0. The molecule has 0 fully saturated rings. The number of nitrogens with one attached hydrogen (secondary N) is 1. The maximum absolute atomic E-state index is 11.9. The van der Waals surface area contributed by atoms with E-state index in [2.05, 4.69) is 35.9 Å². The number of aliphatic carboxylic acids is 1. The van der Waals surface area contributed by atoms with Gasteiger partial charge in [0.1, 0.15) is 25.7 Å². The highest BCUT2D eigenvalue weighted by Crippen LogP contribution is 2.01. The van der Waals surface area contributed by atoms with Gasteiger partial charge in [0.25, 0.3) is 11.8 Å². The number of amides is 3. The molecule has 4 aromatic rings. The first-order valence-corrected chi connectivity index (χ1v) is 9.18. The lowest BCUT2D eigenvalue weighted by Gasteiger charge is -2.02. The Morgan fingerprint density at radius 1 is 0.857 bits per heavy atom. The van der Waals surface area contributed by atoms with Crippen LogP contribution in [-0.4, -0.2) is 84.6 Å². The van der Waals surface area contributed by atoms with E-state index in [-0.39, 0.29) is 29.2 Å². The zero-order chi connectivity index (χ0) is 25.9. The van der Waals surface area contributed by atoms with Gasteiger partial charge in [0.05, 0.1) is 0 Å². The third kappa shape index (κ3) is 4.79. The normalized spacial score (nSPS) is 10.5. The van der Waals surface area contributed by atoms with Gasteiger partial charge in [-0.15, -0.1) is 10.2 Å². The number of likely N-dealkylation sites (N-methyl/N-ethyl adjacent to an activating group) is 1. The maximum atomic E-state index is 11.9. The highest BCUT2D eigenvalue weighted by molar-refractivity contribution is 5.97. The van der Waals surface area contributed by atoms with Gasteiger partial charge in [0.2, 0.25) is 5.91 Å². The van der Waals surface area contributed by atoms with E-state index < -0.39 is 41.6 Å². The van der Waals surface area contributed by atoms with Crippen LogP contribution in [0.4, 0.5) is 0 Å². The molecule has 4 rings (SSSR count). The fourth-order valence-corrected chi connectivity index (χ4v) is 2.56. The average Bonchev–Trinajstić information content (AvgIpc) is 3.43. The van der Waals surface area contributed by atoms with Crippen LogP contribution in [0.3, 0.4) is 0 Å². The molecule has 0 aliphatic rings. The molecule has 20 heteroatoms. The molecule has 0 unspecified atom stereocenters. The summed E-state index contributed by atoms with van der Waals surface area (Å²) in [5.74, 6) is -3.30. The van der Waals surface area contributed by atoms with Gasteiger partial charge in [-0.1, -0.05) is 10.4 Å². The summed E-state index contributed by atoms with van der Waals surface area (Å²) in [5, 5.41) is 24.9. The number of hydrogen-bond acceptors (Lipinski definition) is 12. The smallest absolute Gasteiger partial charge is 0.353 e. The first-order valence-electron chi connectivity index (χ1n) is 9.18. The minimum atomic E-state index is -1.24. The van der Waals surface area contributed by atoms with Gasteiger partial charge >= 0.3 is 17.3 Å². The molecule has 0 saturated carbocycles. The number of imidazole rings is 2. The van der Waals surface area contributed by atoms with E-state index in [0.717, 1.165) is 26.1 Å². The number of fused-ring (bicyclic) bond motifs is 2. The molecule has 0 aromatic carbocycles. The van der Waals surface area contributed by atoms with Crippen molar-refractivity contribution < 1.29 is 24.3 Å². The second-order valence-corrected chi connectivity index (χ2v) is 6.43. The molecule has 6 N–H and O–H groups in total. The number of hydrogen-bond donors (Lipinski definition) is 4. The summed E-state index contributed by atoms with van der Waals surface area (Å²) in [6.45, 7) is -0.909. The molecule has 20 nitrogen and oxygen atoms in total. The highest BCUT2D eigenvalue weighted by Gasteiger charge is 2.17. The Labute approximate surface area is 190 Å². The molecule has 0 spiro atoms. The van der Waals surface area contributed by atoms with Crippen LogP contribution in [0.5, 0.6) is 0 Å². The molecule has 0 atom stereocenters. The van der Waals surface area contributed by atoms with E-state index in [1.54, 1.807) is 0 Å². The van der Waals surface area contributed by atoms with E-state index in [4.69, 9.17) is 16.6 Å². The minimum Gasteiger partial charge on any atom is -0.480 e. The highest BCUT2D eigenvalue weighted by atomic mass is 16.4. The van der Waals surface area contributed by atoms with Gasteiger partial charge in [-0.25, -0.2) is 28.4 Å². The fourth-order valence-electron chi connectivity index (χ4n) is 2.56. The van der Waals surface area contributed by atoms with Crippen LogP contribution in [0, 0.1) is 0 Å². The summed E-state index contributed by atoms with van der Waals surface area (Å²) in [5.41, 5.74) is 8.17. The fraction of sp³-hybridized carbons (Fsp3) is 0.200. The largest absolute Gasteiger partial charge is 0.480 e. The summed E-state index contributed by atoms with van der Waals surface area (Å²) in [7, 11) is 1.43. The lowest BCUT2D eigenvalue weighted by molar-refractivity contribution is -0.138. The molecule has 4 heterocycles. The van der Waals surface area contributed by atoms with Crippen molar-refractivity contribution in [2.24, 2.45) is 11.5 Å². The van der Waals surface area contributed by atoms with Crippen molar-refractivity contribution in [1.82, 2.24) is 54.1 Å². The molecule has 0 radical (unpaired) electrons. The van der Waals surface area contributed by atoms with Gasteiger partial charge < -0.3 is 21.9 Å². The van der Waals surface area contributed by atoms with Crippen LogP contribution in [0.1, 0.15) is 21.0 Å². The number of primary amides is 2. The van der Waals surface area contributed by atoms with Crippen molar-refractivity contribution in [2.75, 3.05) is 7.05 Å². The predicted molar refractivity (Wildman–Crippen MR) is 109 cm³/mol. The molecule has 4 aromatic heterocycles. The molecule has 0 bridgehead atoms. The average molecular weight is 489 g/mol. The Morgan fingerprint density at radius 2 is 1.29 bits per heavy atom. The third-order valence-electron chi connectivity index (χ3n) is 4.16. The Kier molecular flexibility index (Phi) is 6.55. The van der Waals surface area contributed by atoms with Crippen LogP contribution in [0.2, 0.25) is 0 Å². The van der Waals surface area contributed by atoms with Gasteiger partial charge in [-0.3, -0.25) is 19.2 Å². The van der Waals surface area contributed by atoms with Gasteiger partial charge in [0, 0.05) is 7.05 Å². The first kappa shape index (κ1) is 24.1. The van der Waals surface area contributed by atoms with Crippen LogP contribution in [0.15, 0.2) is 22.2 Å². The Bertz CT molecular complexity index is 1590. The monoisotopic (exact) mass is 489 g/mol. The quantitative estimate of drug-likeness (QED) is 0.197. The molecule has 0 saturated heterocycles. The SMILES string of the molecule is CNC(=O)Cn1nnc2c(C(N)=O)ncn2c1=O.NC(=O)c1ncn2c(=O)n(CC(=O)O)nnc12. The number of aromatic nitrogens is 10. The molecule has 182 valence electrons. The molecule has 35 heavy (non-hydrogen) atoms. The van der Waals surface area contributed by atoms with E-state index >= 15 is 0 Å². The van der Waals surface area contributed by atoms with Crippen molar-refractivity contribution in [3.8, 4) is 0 Å². The van der Waals surface area contributed by atoms with Crippen molar-refractivity contribution >= 4 is 35.0 Å². The van der Waals surface area contributed by atoms with E-state index in [1.165, 1.54) is 7.05 Å². The first-order chi connectivity index (χ1) is 16.5. The number of carbonyl (C=O) groups excluding carboxylic acids is 3. The number of carboxylic acid groups (broad SMARTS) is 1. The molecule has 3 amide bonds. The lowest BCUT2D eigenvalue weighted by atomic mass is 10.4. The Hall–Kier alpha value is -5.56. The number of carbonyl (C=O) groups is 4. The maximum Gasteiger partial charge on any atom is 0.353 e. The summed E-state index contributed by atoms with van der Waals surface area (Å²) in [6.07, 6.45) is 2.14. The van der Waals surface area contributed by atoms with Crippen molar-refractivity contribution in [1.29, 1.82) is 0 Å². The molecule has 0 aliphatic carbocycles. The number of rotatable bonds is 6. The van der Waals surface area contributed by atoms with Crippen LogP contribution in [-0.2, 0) is 22.7 Å². The predicted octanol–water partition coefficient (Wildman–Crippen LogP) is -5.40. The Balaban J connectivity index is 0.000000196. The molecule has 0 aliphatic heterocycles. The van der Waals surface area contributed by atoms with E-state index in [9.17, 15) is 28.8 Å². The van der Waals surface area contributed by atoms with E-state index in [0.29, 0.717) is 4.68 Å². The third-order valence-corrected chi connectivity index (χ3v) is 4.16. The Morgan fingerprint density at radius 3 is 1.66 bits per heavy atom. The standard InChI is InChI=1S/C8H9N7O3.C7H6N6O4/c1-10-4(16)2-15-8(18)14-3-11-5(6(9)17)7(14)12-13-15;8-5(16)4-6-10-11-13(1-3(14)15)7(17)12(6)2-9-4/h3H,2H2,1H3,(H2,9,17)(H,10,16);2H,1H2,(H2,8,16)(H,14,15). The van der Waals surface area contributed by atoms with Gasteiger partial charge in [-0.2, -0.15) is 9.36 Å². The van der Waals surface area contributed by atoms with Crippen molar-refractivity contribution in [3.63, 3.8) is 0 Å². The second-order valence-electron chi connectivity index (χ2n) is 6.43. The lowest BCUT2D eigenvalue weighted by Crippen LogP contribution is -2.35. The summed E-state index contributed by atoms with van der Waals surface area (Å²) in [4.78, 5) is 74.3. The molecular formula is C15H15N13O7. The minimum absolute atomic E-state index is 0.0411. The molecular weight excluding hydrogens is 474 g/mol. The summed E-state index contributed by atoms with van der Waals surface area (Å²) < 4.78 is 3.37. The second kappa shape index (κ2) is 9.51. The van der Waals surface area contributed by atoms with Crippen molar-refractivity contribution in [3.05, 3.63) is 45.0 Å². The van der Waals surface area contributed by atoms with Crippen molar-refractivity contribution in [2.45, 2.75) is 13.1 Å². The number of nitrogens with two attached hydrogens (primary N) is 2.